The molecule has 0 aliphatic carbocycles. The Morgan fingerprint density at radius 2 is 1.69 bits per heavy atom. The highest BCUT2D eigenvalue weighted by Crippen LogP contribution is 2.32. The average molecular weight is 425 g/mol. The number of hydrogen-bond donors (Lipinski definition) is 2. The summed E-state index contributed by atoms with van der Waals surface area (Å²) in [7, 11) is 0. The summed E-state index contributed by atoms with van der Waals surface area (Å²) in [6.07, 6.45) is 0. The molecule has 0 aliphatic heterocycles. The van der Waals surface area contributed by atoms with Crippen LogP contribution in [0.2, 0.25) is 0 Å². The molecule has 2 amide bonds. The minimum atomic E-state index is -0.564. The number of carbonyl (C=O) groups excluding carboxylic acids is 3. The minimum absolute atomic E-state index is 0.0288. The topological polar surface area (TPSA) is 89.3 Å². The van der Waals surface area contributed by atoms with Gasteiger partial charge in [0.2, 0.25) is 0 Å². The van der Waals surface area contributed by atoms with Crippen molar-refractivity contribution in [2.75, 3.05) is 11.1 Å². The summed E-state index contributed by atoms with van der Waals surface area (Å²) >= 11 is 2.70. The van der Waals surface area contributed by atoms with Gasteiger partial charge in [-0.25, -0.2) is 0 Å². The lowest BCUT2D eigenvalue weighted by Crippen LogP contribution is -2.17. The van der Waals surface area contributed by atoms with Crippen molar-refractivity contribution in [2.45, 2.75) is 18.7 Å². The highest BCUT2D eigenvalue weighted by molar-refractivity contribution is 8.00. The summed E-state index contributed by atoms with van der Waals surface area (Å²) in [5.74, 6) is -0.581. The third kappa shape index (κ3) is 4.93. The highest BCUT2D eigenvalue weighted by Gasteiger charge is 2.19. The number of amides is 2. The number of Topliss-reactive ketones (excluding diaryl/α,β-unsaturated/α-hetero) is 1. The Kier molecular flexibility index (Phi) is 6.51. The number of nitrogens with two attached hydrogens (primary N) is 1. The first-order valence-electron chi connectivity index (χ1n) is 8.89. The monoisotopic (exact) mass is 424 g/mol. The number of aryl methyl sites for hydroxylation is 1. The molecule has 0 saturated heterocycles. The Balaban J connectivity index is 1.71. The molecular weight excluding hydrogens is 404 g/mol. The number of thioether (sulfide) groups is 1. The Morgan fingerprint density at radius 1 is 1.00 bits per heavy atom. The molecule has 5 nitrogen and oxygen atoms in total. The van der Waals surface area contributed by atoms with Crippen molar-refractivity contribution in [3.05, 3.63) is 81.7 Å². The van der Waals surface area contributed by atoms with Gasteiger partial charge in [0.15, 0.2) is 5.78 Å². The zero-order chi connectivity index (χ0) is 21.0. The number of benzene rings is 2. The number of hydrogen-bond acceptors (Lipinski definition) is 5. The van der Waals surface area contributed by atoms with Gasteiger partial charge in [0.05, 0.1) is 11.3 Å². The maximum atomic E-state index is 12.7. The van der Waals surface area contributed by atoms with Crippen LogP contribution in [0.4, 0.5) is 5.00 Å². The summed E-state index contributed by atoms with van der Waals surface area (Å²) in [5, 5.41) is 3.24. The van der Waals surface area contributed by atoms with Crippen LogP contribution in [0, 0.1) is 13.8 Å². The summed E-state index contributed by atoms with van der Waals surface area (Å²) in [6.45, 7) is 3.69. The molecule has 0 atom stereocenters. The maximum absolute atomic E-state index is 12.7. The van der Waals surface area contributed by atoms with Crippen LogP contribution in [0.15, 0.2) is 59.5 Å². The lowest BCUT2D eigenvalue weighted by Gasteiger charge is -2.07. The van der Waals surface area contributed by atoms with Crippen LogP contribution in [0.1, 0.15) is 41.5 Å². The van der Waals surface area contributed by atoms with Gasteiger partial charge < -0.3 is 11.1 Å². The Morgan fingerprint density at radius 3 is 2.38 bits per heavy atom. The van der Waals surface area contributed by atoms with Crippen molar-refractivity contribution < 1.29 is 14.4 Å². The number of nitrogens with one attached hydrogen (secondary N) is 1. The third-order valence-electron chi connectivity index (χ3n) is 4.42. The smallest absolute Gasteiger partial charge is 0.256 e. The van der Waals surface area contributed by atoms with E-state index in [0.717, 1.165) is 15.3 Å². The predicted molar refractivity (Wildman–Crippen MR) is 118 cm³/mol. The van der Waals surface area contributed by atoms with Gasteiger partial charge in [-0.2, -0.15) is 0 Å². The molecule has 2 aromatic carbocycles. The Hall–Kier alpha value is -2.90. The summed E-state index contributed by atoms with van der Waals surface area (Å²) in [4.78, 5) is 38.4. The first-order chi connectivity index (χ1) is 13.9. The molecule has 0 saturated carbocycles. The number of carbonyl (C=O) groups is 3. The van der Waals surface area contributed by atoms with Crippen molar-refractivity contribution in [3.63, 3.8) is 0 Å². The molecule has 0 unspecified atom stereocenters. The second kappa shape index (κ2) is 9.07. The fourth-order valence-corrected chi connectivity index (χ4v) is 4.68. The van der Waals surface area contributed by atoms with E-state index in [2.05, 4.69) is 5.32 Å². The van der Waals surface area contributed by atoms with Gasteiger partial charge in [-0.15, -0.1) is 23.1 Å². The van der Waals surface area contributed by atoms with Crippen LogP contribution in [0.5, 0.6) is 0 Å². The average Bonchev–Trinajstić information content (AvgIpc) is 3.00. The zero-order valence-electron chi connectivity index (χ0n) is 16.0. The van der Waals surface area contributed by atoms with Gasteiger partial charge in [0.1, 0.15) is 5.00 Å². The van der Waals surface area contributed by atoms with Crippen molar-refractivity contribution in [1.29, 1.82) is 0 Å². The fraction of sp³-hybridized carbons (Fsp3) is 0.136. The molecule has 3 aromatic rings. The van der Waals surface area contributed by atoms with Crippen LogP contribution < -0.4 is 11.1 Å². The van der Waals surface area contributed by atoms with E-state index < -0.39 is 5.91 Å². The second-order valence-corrected chi connectivity index (χ2v) is 8.68. The molecule has 0 fully saturated rings. The third-order valence-corrected chi connectivity index (χ3v) is 6.54. The summed E-state index contributed by atoms with van der Waals surface area (Å²) < 4.78 is 0. The first kappa shape index (κ1) is 20.8. The van der Waals surface area contributed by atoms with Gasteiger partial charge in [-0.3, -0.25) is 14.4 Å². The van der Waals surface area contributed by atoms with Gasteiger partial charge in [0.25, 0.3) is 11.8 Å². The van der Waals surface area contributed by atoms with E-state index in [1.165, 1.54) is 23.1 Å². The van der Waals surface area contributed by atoms with Gasteiger partial charge in [-0.05, 0) is 37.6 Å². The minimum Gasteiger partial charge on any atom is -0.365 e. The second-order valence-electron chi connectivity index (χ2n) is 6.41. The van der Waals surface area contributed by atoms with Gasteiger partial charge in [0, 0.05) is 20.9 Å². The van der Waals surface area contributed by atoms with Gasteiger partial charge in [-0.1, -0.05) is 36.4 Å². The number of primary amides is 1. The maximum Gasteiger partial charge on any atom is 0.256 e. The molecule has 29 heavy (non-hydrogen) atoms. The molecule has 1 heterocycles. The van der Waals surface area contributed by atoms with E-state index in [1.54, 1.807) is 30.3 Å². The molecule has 0 radical (unpaired) electrons. The largest absolute Gasteiger partial charge is 0.365 e. The van der Waals surface area contributed by atoms with Crippen molar-refractivity contribution >= 4 is 45.7 Å². The number of rotatable bonds is 7. The van der Waals surface area contributed by atoms with Crippen LogP contribution >= 0.6 is 23.1 Å². The summed E-state index contributed by atoms with van der Waals surface area (Å²) in [5.41, 5.74) is 7.70. The fourth-order valence-electron chi connectivity index (χ4n) is 2.77. The van der Waals surface area contributed by atoms with E-state index in [-0.39, 0.29) is 17.4 Å². The lowest BCUT2D eigenvalue weighted by atomic mass is 10.1. The molecule has 0 bridgehead atoms. The van der Waals surface area contributed by atoms with Crippen LogP contribution in [0.25, 0.3) is 0 Å². The van der Waals surface area contributed by atoms with E-state index >= 15 is 0 Å². The number of thiophene rings is 1. The molecular formula is C22H20N2O3S2. The Labute approximate surface area is 177 Å². The summed E-state index contributed by atoms with van der Waals surface area (Å²) in [6, 6.07) is 16.1. The van der Waals surface area contributed by atoms with E-state index in [9.17, 15) is 14.4 Å². The van der Waals surface area contributed by atoms with Crippen molar-refractivity contribution in [2.24, 2.45) is 5.73 Å². The number of ketones is 1. The molecule has 3 rings (SSSR count). The highest BCUT2D eigenvalue weighted by atomic mass is 32.2. The predicted octanol–water partition coefficient (Wildman–Crippen LogP) is 4.69. The van der Waals surface area contributed by atoms with E-state index in [0.29, 0.717) is 21.7 Å². The SMILES string of the molecule is Cc1sc(NC(=O)c2cccc(SCC(=O)c3ccccc3)c2)c(C(N)=O)c1C. The van der Waals surface area contributed by atoms with Crippen LogP contribution in [0.3, 0.4) is 0 Å². The lowest BCUT2D eigenvalue weighted by molar-refractivity contribution is 0.0997. The van der Waals surface area contributed by atoms with Crippen molar-refractivity contribution in [3.8, 4) is 0 Å². The van der Waals surface area contributed by atoms with Crippen LogP contribution in [-0.4, -0.2) is 23.4 Å². The molecule has 148 valence electrons. The number of anilines is 1. The zero-order valence-corrected chi connectivity index (χ0v) is 17.7. The molecule has 1 aromatic heterocycles. The van der Waals surface area contributed by atoms with E-state index in [1.807, 2.05) is 38.1 Å². The normalized spacial score (nSPS) is 10.6. The molecule has 3 N–H and O–H groups in total. The molecule has 0 aliphatic rings. The molecule has 0 spiro atoms. The van der Waals surface area contributed by atoms with Crippen molar-refractivity contribution in [1.82, 2.24) is 0 Å². The van der Waals surface area contributed by atoms with E-state index in [4.69, 9.17) is 5.73 Å². The van der Waals surface area contributed by atoms with Crippen LogP contribution in [-0.2, 0) is 0 Å². The molecule has 7 heteroatoms. The standard InChI is InChI=1S/C22H20N2O3S2/c1-13-14(2)29-22(19(13)20(23)26)24-21(27)16-9-6-10-17(11-16)28-12-18(25)15-7-4-3-5-8-15/h3-11H,12H2,1-2H3,(H2,23,26)(H,24,27). The first-order valence-corrected chi connectivity index (χ1v) is 10.7. The van der Waals surface area contributed by atoms with Gasteiger partial charge >= 0.3 is 0 Å². The quantitative estimate of drug-likeness (QED) is 0.425. The Bertz CT molecular complexity index is 1070.